The van der Waals surface area contributed by atoms with E-state index in [1.54, 1.807) is 0 Å². The minimum atomic E-state index is 0.302. The third-order valence-electron chi connectivity index (χ3n) is 6.50. The molecule has 4 heteroatoms. The third kappa shape index (κ3) is 6.26. The van der Waals surface area contributed by atoms with Gasteiger partial charge < -0.3 is 20.9 Å². The van der Waals surface area contributed by atoms with Gasteiger partial charge in [0.2, 0.25) is 0 Å². The Bertz CT molecular complexity index is 1260. The van der Waals surface area contributed by atoms with Crippen molar-refractivity contribution in [2.45, 2.75) is 59.8 Å². The van der Waals surface area contributed by atoms with E-state index in [0.29, 0.717) is 29.6 Å². The lowest BCUT2D eigenvalue weighted by Crippen LogP contribution is -2.04. The van der Waals surface area contributed by atoms with Crippen molar-refractivity contribution in [2.75, 3.05) is 11.5 Å². The van der Waals surface area contributed by atoms with E-state index >= 15 is 0 Å². The molecule has 192 valence electrons. The number of nitrogens with two attached hydrogens (primary N) is 2. The van der Waals surface area contributed by atoms with E-state index in [4.69, 9.17) is 20.9 Å². The Labute approximate surface area is 221 Å². The van der Waals surface area contributed by atoms with Crippen molar-refractivity contribution >= 4 is 11.4 Å². The molecule has 4 rings (SSSR count). The molecule has 0 bridgehead atoms. The number of ether oxygens (including phenoxy) is 2. The Balaban J connectivity index is 1.84. The SMILES string of the molecule is Cc1cc(Cc2cc(C)cc(C(C)C)c2Oc2ccc(N)cc2)c(Oc2ccc(N)cc2)c(C(C)C)c1. The van der Waals surface area contributed by atoms with E-state index < -0.39 is 0 Å². The highest BCUT2D eigenvalue weighted by molar-refractivity contribution is 5.55. The van der Waals surface area contributed by atoms with E-state index in [9.17, 15) is 0 Å². The molecule has 0 unspecified atom stereocenters. The molecule has 0 fully saturated rings. The number of hydrogen-bond acceptors (Lipinski definition) is 4. The second kappa shape index (κ2) is 11.0. The largest absolute Gasteiger partial charge is 0.457 e. The fourth-order valence-electron chi connectivity index (χ4n) is 4.64. The van der Waals surface area contributed by atoms with Gasteiger partial charge in [-0.3, -0.25) is 0 Å². The highest BCUT2D eigenvalue weighted by atomic mass is 16.5. The molecule has 0 aromatic heterocycles. The van der Waals surface area contributed by atoms with Gasteiger partial charge in [-0.1, -0.05) is 63.1 Å². The number of hydrogen-bond donors (Lipinski definition) is 2. The van der Waals surface area contributed by atoms with E-state index in [0.717, 1.165) is 34.1 Å². The molecule has 0 saturated carbocycles. The van der Waals surface area contributed by atoms with Crippen molar-refractivity contribution in [2.24, 2.45) is 0 Å². The standard InChI is InChI=1S/C33H38N2O2/c1-20(2)30-17-22(5)15-24(32(30)36-28-11-7-26(34)8-12-28)19-25-16-23(6)18-31(21(3)4)33(25)37-29-13-9-27(35)10-14-29/h7-18,20-21H,19,34-35H2,1-6H3. The minimum absolute atomic E-state index is 0.302. The number of aryl methyl sites for hydroxylation is 2. The van der Waals surface area contributed by atoms with Crippen LogP contribution in [0.2, 0.25) is 0 Å². The van der Waals surface area contributed by atoms with Crippen LogP contribution in [0.15, 0.2) is 72.8 Å². The summed E-state index contributed by atoms with van der Waals surface area (Å²) < 4.78 is 13.1. The van der Waals surface area contributed by atoms with E-state index in [-0.39, 0.29) is 0 Å². The average molecular weight is 495 g/mol. The summed E-state index contributed by atoms with van der Waals surface area (Å²) in [4.78, 5) is 0. The number of nitrogen functional groups attached to an aromatic ring is 2. The molecule has 4 nitrogen and oxygen atoms in total. The number of anilines is 2. The zero-order valence-electron chi connectivity index (χ0n) is 22.8. The quantitative estimate of drug-likeness (QED) is 0.240. The van der Waals surface area contributed by atoms with Gasteiger partial charge >= 0.3 is 0 Å². The lowest BCUT2D eigenvalue weighted by atomic mass is 9.90. The summed E-state index contributed by atoms with van der Waals surface area (Å²) in [5.41, 5.74) is 20.3. The van der Waals surface area contributed by atoms with Crippen molar-refractivity contribution in [1.29, 1.82) is 0 Å². The molecule has 4 aromatic carbocycles. The summed E-state index contributed by atoms with van der Waals surface area (Å²) in [6.07, 6.45) is 0.678. The Morgan fingerprint density at radius 2 is 0.919 bits per heavy atom. The molecular formula is C33H38N2O2. The van der Waals surface area contributed by atoms with E-state index in [1.165, 1.54) is 22.3 Å². The van der Waals surface area contributed by atoms with Gasteiger partial charge in [-0.25, -0.2) is 0 Å². The smallest absolute Gasteiger partial charge is 0.134 e. The van der Waals surface area contributed by atoms with Crippen LogP contribution in [0.3, 0.4) is 0 Å². The highest BCUT2D eigenvalue weighted by Gasteiger charge is 2.20. The molecule has 37 heavy (non-hydrogen) atoms. The van der Waals surface area contributed by atoms with Crippen LogP contribution in [0.25, 0.3) is 0 Å². The molecule has 0 saturated heterocycles. The van der Waals surface area contributed by atoms with Gasteiger partial charge in [0.05, 0.1) is 0 Å². The van der Waals surface area contributed by atoms with Crippen molar-refractivity contribution in [3.8, 4) is 23.0 Å². The average Bonchev–Trinajstić information content (AvgIpc) is 2.84. The molecule has 4 N–H and O–H groups in total. The predicted molar refractivity (Wildman–Crippen MR) is 155 cm³/mol. The zero-order valence-corrected chi connectivity index (χ0v) is 22.8. The zero-order chi connectivity index (χ0) is 26.7. The van der Waals surface area contributed by atoms with Crippen LogP contribution in [0, 0.1) is 13.8 Å². The lowest BCUT2D eigenvalue weighted by Gasteiger charge is -2.22. The molecule has 0 spiro atoms. The molecule has 0 radical (unpaired) electrons. The van der Waals surface area contributed by atoms with Gasteiger partial charge in [-0.15, -0.1) is 0 Å². The van der Waals surface area contributed by atoms with Gasteiger partial charge in [-0.05, 0) is 96.5 Å². The fourth-order valence-corrected chi connectivity index (χ4v) is 4.64. The Hall–Kier alpha value is -3.92. The van der Waals surface area contributed by atoms with E-state index in [2.05, 4.69) is 65.8 Å². The first kappa shape index (κ1) is 26.2. The van der Waals surface area contributed by atoms with E-state index in [1.807, 2.05) is 48.5 Å². The van der Waals surface area contributed by atoms with Crippen molar-refractivity contribution < 1.29 is 9.47 Å². The maximum Gasteiger partial charge on any atom is 0.134 e. The summed E-state index contributed by atoms with van der Waals surface area (Å²) >= 11 is 0. The summed E-state index contributed by atoms with van der Waals surface area (Å²) in [6.45, 7) is 13.1. The summed E-state index contributed by atoms with van der Waals surface area (Å²) in [6, 6.07) is 24.0. The summed E-state index contributed by atoms with van der Waals surface area (Å²) in [7, 11) is 0. The van der Waals surface area contributed by atoms with Crippen LogP contribution in [-0.4, -0.2) is 0 Å². The van der Waals surface area contributed by atoms with Crippen LogP contribution >= 0.6 is 0 Å². The van der Waals surface area contributed by atoms with Crippen molar-refractivity contribution in [3.63, 3.8) is 0 Å². The Morgan fingerprint density at radius 1 is 0.568 bits per heavy atom. The molecular weight excluding hydrogens is 456 g/mol. The molecule has 0 heterocycles. The van der Waals surface area contributed by atoms with Crippen LogP contribution in [0.1, 0.15) is 72.9 Å². The van der Waals surface area contributed by atoms with Crippen molar-refractivity contribution in [3.05, 3.63) is 106 Å². The lowest BCUT2D eigenvalue weighted by molar-refractivity contribution is 0.461. The van der Waals surface area contributed by atoms with Gasteiger partial charge in [0.25, 0.3) is 0 Å². The van der Waals surface area contributed by atoms with Crippen LogP contribution in [0.5, 0.6) is 23.0 Å². The van der Waals surface area contributed by atoms with Gasteiger partial charge in [0.1, 0.15) is 23.0 Å². The van der Waals surface area contributed by atoms with Gasteiger partial charge in [0, 0.05) is 17.8 Å². The van der Waals surface area contributed by atoms with Gasteiger partial charge in [-0.2, -0.15) is 0 Å². The topological polar surface area (TPSA) is 70.5 Å². The first-order chi connectivity index (χ1) is 17.6. The highest BCUT2D eigenvalue weighted by Crippen LogP contribution is 2.41. The number of benzene rings is 4. The first-order valence-electron chi connectivity index (χ1n) is 12.9. The minimum Gasteiger partial charge on any atom is -0.457 e. The second-order valence-corrected chi connectivity index (χ2v) is 10.5. The molecule has 0 atom stereocenters. The van der Waals surface area contributed by atoms with Gasteiger partial charge in [0.15, 0.2) is 0 Å². The fraction of sp³-hybridized carbons (Fsp3) is 0.273. The Kier molecular flexibility index (Phi) is 7.77. The predicted octanol–water partition coefficient (Wildman–Crippen LogP) is 8.89. The first-order valence-corrected chi connectivity index (χ1v) is 12.9. The summed E-state index contributed by atoms with van der Waals surface area (Å²) in [5.74, 6) is 3.94. The van der Waals surface area contributed by atoms with Crippen LogP contribution in [0.4, 0.5) is 11.4 Å². The molecule has 0 amide bonds. The normalized spacial score (nSPS) is 11.2. The van der Waals surface area contributed by atoms with Crippen LogP contribution in [-0.2, 0) is 6.42 Å². The van der Waals surface area contributed by atoms with Crippen molar-refractivity contribution in [1.82, 2.24) is 0 Å². The molecule has 0 aliphatic heterocycles. The van der Waals surface area contributed by atoms with Crippen LogP contribution < -0.4 is 20.9 Å². The maximum absolute atomic E-state index is 6.55. The molecule has 0 aliphatic rings. The Morgan fingerprint density at radius 3 is 1.24 bits per heavy atom. The molecule has 0 aliphatic carbocycles. The number of rotatable bonds is 8. The maximum atomic E-state index is 6.55. The summed E-state index contributed by atoms with van der Waals surface area (Å²) in [5, 5.41) is 0. The third-order valence-corrected chi connectivity index (χ3v) is 6.50. The molecule has 4 aromatic rings. The monoisotopic (exact) mass is 494 g/mol. The second-order valence-electron chi connectivity index (χ2n) is 10.5.